The van der Waals surface area contributed by atoms with Crippen LogP contribution in [0.3, 0.4) is 0 Å². The summed E-state index contributed by atoms with van der Waals surface area (Å²) in [5.74, 6) is -17.5. The summed E-state index contributed by atoms with van der Waals surface area (Å²) in [6.07, 6.45) is -16.3. The van der Waals surface area contributed by atoms with Gasteiger partial charge in [0.05, 0.1) is 47.9 Å². The molecule has 0 spiro atoms. The van der Waals surface area contributed by atoms with Crippen molar-refractivity contribution in [2.75, 3.05) is 19.8 Å². The Morgan fingerprint density at radius 1 is 0.744 bits per heavy atom. The van der Waals surface area contributed by atoms with Crippen LogP contribution in [0.25, 0.3) is 11.1 Å². The number of fused-ring (bicyclic) bond motifs is 15. The van der Waals surface area contributed by atoms with Crippen molar-refractivity contribution in [1.82, 2.24) is 42.5 Å². The van der Waals surface area contributed by atoms with Gasteiger partial charge in [-0.3, -0.25) is 38.4 Å². The molecular weight excluding hydrogens is 1630 g/mol. The van der Waals surface area contributed by atoms with Crippen LogP contribution in [0.5, 0.6) is 51.7 Å². The van der Waals surface area contributed by atoms with E-state index in [-0.39, 0.29) is 49.2 Å². The van der Waals surface area contributed by atoms with Crippen molar-refractivity contribution in [3.8, 4) is 62.9 Å². The monoisotopic (exact) mass is 1720 g/mol. The second kappa shape index (κ2) is 39.2. The number of ether oxygens (including phenoxy) is 7. The molecule has 121 heavy (non-hydrogen) atoms. The number of nitrogens with one attached hydrogen (secondary N) is 8. The van der Waals surface area contributed by atoms with Crippen molar-refractivity contribution < 1.29 is 127 Å². The quantitative estimate of drug-likeness (QED) is 0.0289. The minimum Gasteiger partial charge on any atom is -0.508 e. The molecule has 0 aromatic heterocycles. The van der Waals surface area contributed by atoms with Crippen molar-refractivity contribution >= 4 is 76.4 Å². The first kappa shape index (κ1) is 90.7. The maximum atomic E-state index is 16.3. The maximum Gasteiger partial charge on any atom is 0.326 e. The second-order valence-corrected chi connectivity index (χ2v) is 31.2. The van der Waals surface area contributed by atoms with Crippen LogP contribution < -0.4 is 78.7 Å². The van der Waals surface area contributed by atoms with E-state index in [4.69, 9.17) is 73.6 Å². The predicted octanol–water partition coefficient (Wildman–Crippen LogP) is 2.25. The number of benzene rings is 6. The van der Waals surface area contributed by atoms with Crippen LogP contribution in [0.4, 0.5) is 0 Å². The van der Waals surface area contributed by atoms with Crippen molar-refractivity contribution in [2.45, 2.75) is 194 Å². The van der Waals surface area contributed by atoms with E-state index in [0.717, 1.165) is 72.3 Å². The fraction of sp³-hybridized carbons (Fsp3) is 0.427. The Morgan fingerprint density at radius 2 is 1.40 bits per heavy atom. The Bertz CT molecular complexity index is 4900. The number of aromatic hydroxyl groups is 3. The molecule has 650 valence electrons. The van der Waals surface area contributed by atoms with Crippen LogP contribution in [0, 0.1) is 5.92 Å². The van der Waals surface area contributed by atoms with Gasteiger partial charge in [-0.05, 0) is 152 Å². The molecule has 37 nitrogen and oxygen atoms in total. The highest BCUT2D eigenvalue weighted by Gasteiger charge is 2.52. The third kappa shape index (κ3) is 20.8. The summed E-state index contributed by atoms with van der Waals surface area (Å²) >= 11 is 14.4. The first-order valence-electron chi connectivity index (χ1n) is 38.9. The van der Waals surface area contributed by atoms with Crippen molar-refractivity contribution in [2.24, 2.45) is 23.1 Å². The summed E-state index contributed by atoms with van der Waals surface area (Å²) in [7, 11) is 0. The van der Waals surface area contributed by atoms with Crippen LogP contribution in [0.1, 0.15) is 136 Å². The number of carbonyl (C=O) groups excluding carboxylic acids is 8. The number of nitrogens with two attached hydrogens (primary N) is 3. The van der Waals surface area contributed by atoms with Crippen LogP contribution in [-0.4, -0.2) is 209 Å². The molecule has 6 aromatic rings. The standard InChI is InChI=1S/C82H97Cl2N11O26/c1-6-8-22-115-43-13-11-12-37(23-43)33-88-82(5)32-58(116-36(4)72(82)105)120-71-69(104)68(103)56(34-96)119-81(71)121-70-54-27-41-28-55(70)118-53-20-17-40(26-47(53)84)67(102)65-79(112)93-63(77(110)89-48(80(113)114)14-9-10-21-85)45-29-42(97)30-51(99)59(45)44-24-38(15-18-50(44)98)61(75(108)95-65)92-76(109)62(41)91-73(106)49(31-57(86)100)90-78(111)64(94-74(107)60(87)35(3)7-2)66(101)39-16-19-52(117-54)46(83)25-39/h6,11-13,15-20,23-30,35-36,48-49,56,58,60-69,71-72,81,88,96-99,101-105H,1,7-10,14,21-22,31-34,85,87H2,2-5H3,(H2,86,100)(H,89,110)(H,90,111)(H,91,106)(H,92,109)(H,93,112)(H,94,107)(H,95,108)(H,113,114)/t35-,36-,48-,49-,56+,58-,60-,61+,62+,63-,64+,65-,66+,67+,68+,69-,71+,72+,81-,82-/m0/s1. The smallest absolute Gasteiger partial charge is 0.326 e. The van der Waals surface area contributed by atoms with Crippen LogP contribution in [0.15, 0.2) is 116 Å². The van der Waals surface area contributed by atoms with Gasteiger partial charge < -0.3 is 144 Å². The summed E-state index contributed by atoms with van der Waals surface area (Å²) in [5, 5.41) is 137. The van der Waals surface area contributed by atoms with Crippen LogP contribution in [0.2, 0.25) is 10.0 Å². The molecular formula is C82H97Cl2N11O26. The van der Waals surface area contributed by atoms with Gasteiger partial charge in [-0.2, -0.15) is 0 Å². The number of carboxylic acid groups (broad SMARTS) is 1. The molecule has 0 radical (unpaired) electrons. The molecule has 20 atom stereocenters. The summed E-state index contributed by atoms with van der Waals surface area (Å²) < 4.78 is 45.4. The molecule has 24 N–H and O–H groups in total. The molecule has 7 aliphatic rings. The molecule has 11 bridgehead atoms. The normalized spacial score (nSPS) is 26.9. The summed E-state index contributed by atoms with van der Waals surface area (Å²) in [5.41, 5.74) is 14.3. The molecule has 7 aliphatic heterocycles. The molecule has 39 heteroatoms. The van der Waals surface area contributed by atoms with Gasteiger partial charge in [0.1, 0.15) is 107 Å². The number of amides is 8. The minimum atomic E-state index is -2.40. The third-order valence-electron chi connectivity index (χ3n) is 21.7. The molecule has 8 amide bonds. The molecule has 13 rings (SSSR count). The Labute approximate surface area is 702 Å². The van der Waals surface area contributed by atoms with Crippen molar-refractivity contribution in [3.05, 3.63) is 159 Å². The summed E-state index contributed by atoms with van der Waals surface area (Å²) in [6, 6.07) is 4.17. The number of aliphatic hydroxyl groups excluding tert-OH is 6. The predicted molar refractivity (Wildman–Crippen MR) is 429 cm³/mol. The Morgan fingerprint density at radius 3 is 2.03 bits per heavy atom. The van der Waals surface area contributed by atoms with E-state index in [1.165, 1.54) is 12.1 Å². The highest BCUT2D eigenvalue weighted by molar-refractivity contribution is 6.32. The first-order valence-corrected chi connectivity index (χ1v) is 39.6. The fourth-order valence-electron chi connectivity index (χ4n) is 14.6. The van der Waals surface area contributed by atoms with Crippen LogP contribution in [-0.2, 0) is 63.9 Å². The van der Waals surface area contributed by atoms with E-state index >= 15 is 19.2 Å². The number of phenolic OH excluding ortho intramolecular Hbond substituents is 3. The topological polar surface area (TPSA) is 595 Å². The zero-order valence-electron chi connectivity index (χ0n) is 65.8. The zero-order chi connectivity index (χ0) is 87.7. The molecule has 2 saturated heterocycles. The summed E-state index contributed by atoms with van der Waals surface area (Å²) in [6.45, 7) is 10.0. The number of rotatable bonds is 25. The lowest BCUT2D eigenvalue weighted by atomic mass is 9.84. The molecule has 2 fully saturated rings. The number of aliphatic carboxylic acids is 1. The SMILES string of the molecule is C=CCCOc1cccc(CN[C@@]2(C)C[C@H](O[C@H]3[C@H](Oc4c5cc6cc4Oc4ccc(cc4Cl)[C@@H](O)[C@@H](NC(=O)[C@@H](N)[C@@H](C)CC)C(=O)N[C@@H](CC(N)=O)C(=O)N[C@H]6C(=O)N[C@H]4C(=O)N[C@H](C(=O)N[C@H](C(=O)N[C@@H](CCCCN)C(=O)O)c6cc(O)cc(O)c6-c6cc4ccc6O)[C@H](O)c4ccc(c(Cl)c4)O5)O[C@H](CO)[C@@H](O)[C@@H]3O)O[C@@H](C)[C@H]2O)c1. The number of primary amides is 1. The Hall–Kier alpha value is -11.0. The number of phenols is 3. The number of unbranched alkanes of at least 4 members (excludes halogenated alkanes) is 1. The molecule has 0 unspecified atom stereocenters. The largest absolute Gasteiger partial charge is 0.508 e. The van der Waals surface area contributed by atoms with Gasteiger partial charge in [-0.15, -0.1) is 6.58 Å². The number of hydrogen-bond donors (Lipinski definition) is 21. The molecule has 0 saturated carbocycles. The van der Waals surface area contributed by atoms with E-state index in [2.05, 4.69) is 49.1 Å². The number of halogens is 2. The van der Waals surface area contributed by atoms with Crippen LogP contribution >= 0.6 is 23.2 Å². The van der Waals surface area contributed by atoms with Gasteiger partial charge in [0.25, 0.3) is 0 Å². The van der Waals surface area contributed by atoms with Gasteiger partial charge in [-0.1, -0.05) is 79.9 Å². The van der Waals surface area contributed by atoms with E-state index in [9.17, 15) is 75.0 Å². The Balaban J connectivity index is 1.12. The average Bonchev–Trinajstić information content (AvgIpc) is 0.762. The molecule has 0 aliphatic carbocycles. The van der Waals surface area contributed by atoms with E-state index < -0.39 is 266 Å². The second-order valence-electron chi connectivity index (χ2n) is 30.3. The van der Waals surface area contributed by atoms with Gasteiger partial charge in [0.15, 0.2) is 23.9 Å². The van der Waals surface area contributed by atoms with Crippen molar-refractivity contribution in [3.63, 3.8) is 0 Å². The van der Waals surface area contributed by atoms with E-state index in [0.29, 0.717) is 31.6 Å². The van der Waals surface area contributed by atoms with Crippen molar-refractivity contribution in [1.29, 1.82) is 0 Å². The highest BCUT2D eigenvalue weighted by atomic mass is 35.5. The third-order valence-corrected chi connectivity index (χ3v) is 22.3. The average molecular weight is 1720 g/mol. The number of aliphatic hydroxyl groups is 6. The lowest BCUT2D eigenvalue weighted by Crippen LogP contribution is -2.65. The zero-order valence-corrected chi connectivity index (χ0v) is 67.4. The minimum absolute atomic E-state index is 0.139. The lowest BCUT2D eigenvalue weighted by Gasteiger charge is -2.48. The first-order chi connectivity index (χ1) is 57.5. The van der Waals surface area contributed by atoms with Gasteiger partial charge in [0, 0.05) is 35.7 Å². The van der Waals surface area contributed by atoms with E-state index in [1.54, 1.807) is 52.0 Å². The Kier molecular flexibility index (Phi) is 29.4. The number of carboxylic acids is 1. The molecule has 7 heterocycles. The van der Waals surface area contributed by atoms with Gasteiger partial charge >= 0.3 is 5.97 Å². The number of carbonyl (C=O) groups is 9. The summed E-state index contributed by atoms with van der Waals surface area (Å²) in [4.78, 5) is 133. The number of hydrogen-bond acceptors (Lipinski definition) is 28. The maximum absolute atomic E-state index is 16.3. The van der Waals surface area contributed by atoms with Gasteiger partial charge in [0.2, 0.25) is 59.3 Å². The lowest BCUT2D eigenvalue weighted by molar-refractivity contribution is -0.334. The van der Waals surface area contributed by atoms with E-state index in [1.807, 2.05) is 6.07 Å². The van der Waals surface area contributed by atoms with Gasteiger partial charge in [-0.25, -0.2) is 4.79 Å². The highest BCUT2D eigenvalue weighted by Crippen LogP contribution is 2.50. The fourth-order valence-corrected chi connectivity index (χ4v) is 15.1. The molecule has 6 aromatic carbocycles.